The van der Waals surface area contributed by atoms with Crippen LogP contribution in [0.2, 0.25) is 0 Å². The number of fused-ring (bicyclic) bond motifs is 1. The fourth-order valence-corrected chi connectivity index (χ4v) is 4.34. The molecule has 1 N–H and O–H groups in total. The van der Waals surface area contributed by atoms with Crippen LogP contribution in [0.25, 0.3) is 11.4 Å². The molecule has 1 saturated heterocycles. The summed E-state index contributed by atoms with van der Waals surface area (Å²) in [6, 6.07) is 8.10. The molecule has 1 aromatic carbocycles. The van der Waals surface area contributed by atoms with E-state index in [4.69, 9.17) is 12.2 Å². The number of carbonyl (C=O) groups excluding carboxylic acids is 1. The highest BCUT2D eigenvalue weighted by Crippen LogP contribution is 2.37. The van der Waals surface area contributed by atoms with E-state index >= 15 is 0 Å². The van der Waals surface area contributed by atoms with Crippen LogP contribution in [0.5, 0.6) is 0 Å². The Labute approximate surface area is 146 Å². The van der Waals surface area contributed by atoms with E-state index in [2.05, 4.69) is 16.3 Å². The van der Waals surface area contributed by atoms with Crippen LogP contribution in [0.15, 0.2) is 24.3 Å². The summed E-state index contributed by atoms with van der Waals surface area (Å²) in [7, 11) is 0. The molecule has 2 heterocycles. The average Bonchev–Trinajstić information content (AvgIpc) is 3.23. The molecule has 1 aliphatic carbocycles. The molecule has 24 heavy (non-hydrogen) atoms. The van der Waals surface area contributed by atoms with Gasteiger partial charge < -0.3 is 4.90 Å². The second-order valence-electron chi connectivity index (χ2n) is 7.06. The van der Waals surface area contributed by atoms with Gasteiger partial charge in [0.05, 0.1) is 0 Å². The number of nitrogens with zero attached hydrogens (tertiary/aromatic N) is 3. The topological polar surface area (TPSA) is 53.9 Å². The first kappa shape index (κ1) is 15.6. The molecule has 1 aromatic heterocycles. The highest BCUT2D eigenvalue weighted by molar-refractivity contribution is 7.71. The van der Waals surface area contributed by atoms with Crippen LogP contribution in [-0.2, 0) is 11.3 Å². The number of hydrogen-bond acceptors (Lipinski definition) is 3. The fraction of sp³-hybridized carbons (Fsp3) is 0.500. The van der Waals surface area contributed by atoms with Gasteiger partial charge in [-0.1, -0.05) is 30.2 Å². The maximum absolute atomic E-state index is 12.8. The number of amides is 1. The highest BCUT2D eigenvalue weighted by atomic mass is 32.1. The van der Waals surface area contributed by atoms with Crippen LogP contribution >= 0.6 is 12.2 Å². The van der Waals surface area contributed by atoms with Crippen LogP contribution in [-0.4, -0.2) is 38.7 Å². The summed E-state index contributed by atoms with van der Waals surface area (Å²) in [5, 5.41) is 7.18. The molecule has 0 bridgehead atoms. The monoisotopic (exact) mass is 342 g/mol. The molecule has 2 unspecified atom stereocenters. The number of nitrogens with one attached hydrogen (secondary N) is 1. The lowest BCUT2D eigenvalue weighted by molar-refractivity contribution is -0.131. The van der Waals surface area contributed by atoms with E-state index in [-0.39, 0.29) is 12.5 Å². The summed E-state index contributed by atoms with van der Waals surface area (Å²) in [5.74, 6) is 2.30. The number of carbonyl (C=O) groups is 1. The van der Waals surface area contributed by atoms with Gasteiger partial charge in [0, 0.05) is 18.7 Å². The van der Waals surface area contributed by atoms with Gasteiger partial charge in [-0.15, -0.1) is 0 Å². The van der Waals surface area contributed by atoms with Crippen LogP contribution in [0, 0.1) is 23.5 Å². The van der Waals surface area contributed by atoms with Crippen molar-refractivity contribution in [3.8, 4) is 11.4 Å². The van der Waals surface area contributed by atoms with Crippen molar-refractivity contribution in [1.82, 2.24) is 19.7 Å². The SMILES string of the molecule is Cc1cccc(-c2n[nH]c(=S)n2CC(=O)N2CC3CCCC3C2)c1. The first-order valence-electron chi connectivity index (χ1n) is 8.62. The van der Waals surface area contributed by atoms with Gasteiger partial charge in [-0.3, -0.25) is 14.5 Å². The number of rotatable bonds is 3. The summed E-state index contributed by atoms with van der Waals surface area (Å²) in [6.45, 7) is 4.13. The van der Waals surface area contributed by atoms with E-state index in [0.29, 0.717) is 16.6 Å². The van der Waals surface area contributed by atoms with Gasteiger partial charge in [0.2, 0.25) is 5.91 Å². The Bertz CT molecular complexity index is 812. The van der Waals surface area contributed by atoms with Crippen molar-refractivity contribution in [2.45, 2.75) is 32.7 Å². The standard InChI is InChI=1S/C18H22N4OS/c1-12-4-2-5-13(8-12)17-19-20-18(24)22(17)11-16(23)21-9-14-6-3-7-15(14)10-21/h2,4-5,8,14-15H,3,6-7,9-11H2,1H3,(H,20,24). The van der Waals surface area contributed by atoms with Crippen LogP contribution in [0.3, 0.4) is 0 Å². The van der Waals surface area contributed by atoms with Gasteiger partial charge in [-0.25, -0.2) is 0 Å². The molecule has 126 valence electrons. The van der Waals surface area contributed by atoms with Gasteiger partial charge in [0.15, 0.2) is 10.6 Å². The third-order valence-electron chi connectivity index (χ3n) is 5.41. The molecular formula is C18H22N4OS. The highest BCUT2D eigenvalue weighted by Gasteiger charge is 2.38. The van der Waals surface area contributed by atoms with Crippen molar-refractivity contribution in [3.63, 3.8) is 0 Å². The summed E-state index contributed by atoms with van der Waals surface area (Å²) in [4.78, 5) is 14.8. The molecule has 4 rings (SSSR count). The molecular weight excluding hydrogens is 320 g/mol. The molecule has 6 heteroatoms. The molecule has 1 saturated carbocycles. The lowest BCUT2D eigenvalue weighted by Gasteiger charge is -2.18. The Balaban J connectivity index is 1.56. The van der Waals surface area contributed by atoms with E-state index in [0.717, 1.165) is 30.0 Å². The number of aryl methyl sites for hydroxylation is 1. The van der Waals surface area contributed by atoms with Crippen molar-refractivity contribution in [1.29, 1.82) is 0 Å². The number of likely N-dealkylation sites (tertiary alicyclic amines) is 1. The minimum Gasteiger partial charge on any atom is -0.341 e. The molecule has 2 fully saturated rings. The van der Waals surface area contributed by atoms with Crippen molar-refractivity contribution in [3.05, 3.63) is 34.6 Å². The quantitative estimate of drug-likeness (QED) is 0.872. The van der Waals surface area contributed by atoms with Crippen molar-refractivity contribution >= 4 is 18.1 Å². The third kappa shape index (κ3) is 2.79. The molecule has 0 spiro atoms. The van der Waals surface area contributed by atoms with Gasteiger partial charge in [-0.05, 0) is 49.9 Å². The maximum Gasteiger partial charge on any atom is 0.242 e. The van der Waals surface area contributed by atoms with Crippen molar-refractivity contribution in [2.24, 2.45) is 11.8 Å². The van der Waals surface area contributed by atoms with E-state index in [1.54, 1.807) is 0 Å². The van der Waals surface area contributed by atoms with Crippen LogP contribution in [0.4, 0.5) is 0 Å². The van der Waals surface area contributed by atoms with Gasteiger partial charge in [0.1, 0.15) is 6.54 Å². The summed E-state index contributed by atoms with van der Waals surface area (Å²) in [6.07, 6.45) is 3.86. The maximum atomic E-state index is 12.8. The Kier molecular flexibility index (Phi) is 4.00. The minimum atomic E-state index is 0.149. The molecule has 2 aromatic rings. The molecule has 0 radical (unpaired) electrons. The number of benzene rings is 1. The zero-order chi connectivity index (χ0) is 16.7. The third-order valence-corrected chi connectivity index (χ3v) is 5.72. The summed E-state index contributed by atoms with van der Waals surface area (Å²) in [5.41, 5.74) is 2.14. The Hall–Kier alpha value is -1.95. The van der Waals surface area contributed by atoms with Gasteiger partial charge in [-0.2, -0.15) is 5.10 Å². The summed E-state index contributed by atoms with van der Waals surface area (Å²) < 4.78 is 2.32. The van der Waals surface area contributed by atoms with Crippen LogP contribution < -0.4 is 0 Å². The number of aromatic nitrogens is 3. The number of aromatic amines is 1. The average molecular weight is 342 g/mol. The lowest BCUT2D eigenvalue weighted by atomic mass is 10.0. The molecule has 1 amide bonds. The number of hydrogen-bond donors (Lipinski definition) is 1. The minimum absolute atomic E-state index is 0.149. The van der Waals surface area contributed by atoms with E-state index in [1.807, 2.05) is 34.6 Å². The zero-order valence-corrected chi connectivity index (χ0v) is 14.7. The fourth-order valence-electron chi connectivity index (χ4n) is 4.14. The Morgan fingerprint density at radius 1 is 1.33 bits per heavy atom. The lowest BCUT2D eigenvalue weighted by Crippen LogP contribution is -2.32. The van der Waals surface area contributed by atoms with Crippen LogP contribution in [0.1, 0.15) is 24.8 Å². The molecule has 2 atom stereocenters. The first-order chi connectivity index (χ1) is 11.6. The predicted octanol–water partition coefficient (Wildman–Crippen LogP) is 3.17. The normalized spacial score (nSPS) is 22.8. The van der Waals surface area contributed by atoms with E-state index < -0.39 is 0 Å². The first-order valence-corrected chi connectivity index (χ1v) is 9.02. The smallest absolute Gasteiger partial charge is 0.242 e. The van der Waals surface area contributed by atoms with Crippen molar-refractivity contribution in [2.75, 3.05) is 13.1 Å². The molecule has 5 nitrogen and oxygen atoms in total. The van der Waals surface area contributed by atoms with E-state index in [9.17, 15) is 4.79 Å². The van der Waals surface area contributed by atoms with E-state index in [1.165, 1.54) is 19.3 Å². The largest absolute Gasteiger partial charge is 0.341 e. The zero-order valence-electron chi connectivity index (χ0n) is 13.9. The molecule has 2 aliphatic rings. The Morgan fingerprint density at radius 2 is 2.08 bits per heavy atom. The Morgan fingerprint density at radius 3 is 2.79 bits per heavy atom. The number of H-pyrrole nitrogens is 1. The second-order valence-corrected chi connectivity index (χ2v) is 7.44. The van der Waals surface area contributed by atoms with Gasteiger partial charge >= 0.3 is 0 Å². The second kappa shape index (κ2) is 6.16. The predicted molar refractivity (Wildman–Crippen MR) is 95.0 cm³/mol. The van der Waals surface area contributed by atoms with Crippen molar-refractivity contribution < 1.29 is 4.79 Å². The molecule has 1 aliphatic heterocycles. The summed E-state index contributed by atoms with van der Waals surface area (Å²) >= 11 is 5.35. The van der Waals surface area contributed by atoms with Gasteiger partial charge in [0.25, 0.3) is 0 Å².